The summed E-state index contributed by atoms with van der Waals surface area (Å²) < 4.78 is 0. The Kier molecular flexibility index (Phi) is 6.69. The summed E-state index contributed by atoms with van der Waals surface area (Å²) in [5, 5.41) is 9.72. The molecule has 0 bridgehead atoms. The van der Waals surface area contributed by atoms with Gasteiger partial charge in [0, 0.05) is 21.4 Å². The van der Waals surface area contributed by atoms with Crippen molar-refractivity contribution in [3.8, 4) is 0 Å². The molecule has 0 saturated carbocycles. The SMILES string of the molecule is O=C(N/N=C\c1cc2ccccc2nc1Cl)/C(=C\c1cccs1)NC(=O)c1ccccc1. The lowest BCUT2D eigenvalue weighted by Gasteiger charge is -2.09. The number of para-hydroxylation sites is 1. The molecule has 2 aromatic heterocycles. The quantitative estimate of drug-likeness (QED) is 0.186. The molecule has 32 heavy (non-hydrogen) atoms. The average molecular weight is 461 g/mol. The molecule has 2 aromatic carbocycles. The summed E-state index contributed by atoms with van der Waals surface area (Å²) in [6.45, 7) is 0. The van der Waals surface area contributed by atoms with Crippen LogP contribution in [0.3, 0.4) is 0 Å². The number of aromatic nitrogens is 1. The molecule has 0 aliphatic heterocycles. The number of halogens is 1. The second kappa shape index (κ2) is 10.00. The maximum atomic E-state index is 12.8. The predicted octanol–water partition coefficient (Wildman–Crippen LogP) is 4.87. The summed E-state index contributed by atoms with van der Waals surface area (Å²) in [6, 6.07) is 21.7. The number of carbonyl (C=O) groups is 2. The minimum atomic E-state index is -0.566. The number of hydrogen-bond donors (Lipinski definition) is 2. The van der Waals surface area contributed by atoms with E-state index < -0.39 is 11.8 Å². The van der Waals surface area contributed by atoms with Gasteiger partial charge in [0.2, 0.25) is 0 Å². The van der Waals surface area contributed by atoms with Crippen LogP contribution in [-0.4, -0.2) is 23.0 Å². The van der Waals surface area contributed by atoms with Gasteiger partial charge in [-0.2, -0.15) is 5.10 Å². The second-order valence-corrected chi connectivity index (χ2v) is 7.99. The van der Waals surface area contributed by atoms with Gasteiger partial charge in [-0.15, -0.1) is 11.3 Å². The lowest BCUT2D eigenvalue weighted by atomic mass is 10.2. The molecule has 0 atom stereocenters. The Hall–Kier alpha value is -3.81. The first kappa shape index (κ1) is 21.4. The first-order valence-electron chi connectivity index (χ1n) is 9.60. The molecule has 2 heterocycles. The van der Waals surface area contributed by atoms with Crippen molar-refractivity contribution >= 4 is 57.9 Å². The predicted molar refractivity (Wildman–Crippen MR) is 129 cm³/mol. The molecule has 6 nitrogen and oxygen atoms in total. The van der Waals surface area contributed by atoms with Gasteiger partial charge < -0.3 is 5.32 Å². The fourth-order valence-electron chi connectivity index (χ4n) is 2.88. The Labute approximate surface area is 193 Å². The molecule has 0 unspecified atom stereocenters. The highest BCUT2D eigenvalue weighted by Crippen LogP contribution is 2.19. The zero-order chi connectivity index (χ0) is 22.3. The van der Waals surface area contributed by atoms with Crippen molar-refractivity contribution in [3.05, 3.63) is 105 Å². The monoisotopic (exact) mass is 460 g/mol. The van der Waals surface area contributed by atoms with Crippen molar-refractivity contribution in [1.82, 2.24) is 15.7 Å². The smallest absolute Gasteiger partial charge is 0.287 e. The molecule has 0 aliphatic carbocycles. The molecule has 4 aromatic rings. The normalized spacial score (nSPS) is 11.6. The van der Waals surface area contributed by atoms with Crippen LogP contribution < -0.4 is 10.7 Å². The lowest BCUT2D eigenvalue weighted by molar-refractivity contribution is -0.117. The minimum Gasteiger partial charge on any atom is -0.317 e. The summed E-state index contributed by atoms with van der Waals surface area (Å²) in [7, 11) is 0. The van der Waals surface area contributed by atoms with E-state index >= 15 is 0 Å². The number of amides is 2. The summed E-state index contributed by atoms with van der Waals surface area (Å²) in [5.41, 5.74) is 4.28. The standard InChI is InChI=1S/C24H17ClN4O2S/c25-22-18(13-17-9-4-5-11-20(17)27-22)15-26-29-24(31)21(14-19-10-6-12-32-19)28-23(30)16-7-2-1-3-8-16/h1-15H,(H,28,30)(H,29,31)/b21-14+,26-15-. The molecule has 2 N–H and O–H groups in total. The topological polar surface area (TPSA) is 83.4 Å². The number of hydrazone groups is 1. The average Bonchev–Trinajstić information content (AvgIpc) is 3.32. The fraction of sp³-hybridized carbons (Fsp3) is 0. The van der Waals surface area contributed by atoms with Crippen LogP contribution in [0.2, 0.25) is 5.15 Å². The van der Waals surface area contributed by atoms with Crippen LogP contribution in [-0.2, 0) is 4.79 Å². The van der Waals surface area contributed by atoms with Crippen molar-refractivity contribution in [1.29, 1.82) is 0 Å². The van der Waals surface area contributed by atoms with Gasteiger partial charge in [0.25, 0.3) is 11.8 Å². The van der Waals surface area contributed by atoms with Crippen molar-refractivity contribution in [3.63, 3.8) is 0 Å². The molecule has 4 rings (SSSR count). The zero-order valence-corrected chi connectivity index (χ0v) is 18.2. The summed E-state index contributed by atoms with van der Waals surface area (Å²) >= 11 is 7.67. The largest absolute Gasteiger partial charge is 0.317 e. The van der Waals surface area contributed by atoms with Crippen LogP contribution in [0.4, 0.5) is 0 Å². The zero-order valence-electron chi connectivity index (χ0n) is 16.7. The molecule has 0 radical (unpaired) electrons. The number of rotatable bonds is 6. The number of hydrogen-bond acceptors (Lipinski definition) is 5. The van der Waals surface area contributed by atoms with Gasteiger partial charge >= 0.3 is 0 Å². The molecule has 0 saturated heterocycles. The van der Waals surface area contributed by atoms with Crippen molar-refractivity contribution < 1.29 is 9.59 Å². The molecule has 158 valence electrons. The lowest BCUT2D eigenvalue weighted by Crippen LogP contribution is -2.32. The van der Waals surface area contributed by atoms with E-state index in [9.17, 15) is 9.59 Å². The van der Waals surface area contributed by atoms with E-state index in [1.807, 2.05) is 53.9 Å². The highest BCUT2D eigenvalue weighted by Gasteiger charge is 2.14. The molecule has 0 fully saturated rings. The van der Waals surface area contributed by atoms with E-state index in [1.165, 1.54) is 17.6 Å². The number of fused-ring (bicyclic) bond motifs is 1. The van der Waals surface area contributed by atoms with E-state index in [-0.39, 0.29) is 10.9 Å². The van der Waals surface area contributed by atoms with E-state index in [0.29, 0.717) is 11.1 Å². The first-order chi connectivity index (χ1) is 15.6. The number of carbonyl (C=O) groups excluding carboxylic acids is 2. The molecule has 0 aliphatic rings. The Balaban J connectivity index is 1.52. The van der Waals surface area contributed by atoms with E-state index in [1.54, 1.807) is 30.3 Å². The van der Waals surface area contributed by atoms with E-state index in [4.69, 9.17) is 11.6 Å². The third-order valence-corrected chi connectivity index (χ3v) is 5.55. The van der Waals surface area contributed by atoms with Crippen molar-refractivity contribution in [2.24, 2.45) is 5.10 Å². The van der Waals surface area contributed by atoms with Gasteiger partial charge in [-0.1, -0.05) is 54.1 Å². The molecular formula is C24H17ClN4O2S. The fourth-order valence-corrected chi connectivity index (χ4v) is 3.73. The summed E-state index contributed by atoms with van der Waals surface area (Å²) in [5.74, 6) is -0.960. The highest BCUT2D eigenvalue weighted by atomic mass is 35.5. The number of nitrogens with one attached hydrogen (secondary N) is 2. The molecular weight excluding hydrogens is 444 g/mol. The Morgan fingerprint density at radius 3 is 2.56 bits per heavy atom. The third-order valence-electron chi connectivity index (χ3n) is 4.43. The highest BCUT2D eigenvalue weighted by molar-refractivity contribution is 7.10. The van der Waals surface area contributed by atoms with Crippen LogP contribution in [0.1, 0.15) is 20.8 Å². The maximum absolute atomic E-state index is 12.8. The van der Waals surface area contributed by atoms with Crippen molar-refractivity contribution in [2.75, 3.05) is 0 Å². The first-order valence-corrected chi connectivity index (χ1v) is 10.9. The van der Waals surface area contributed by atoms with Crippen molar-refractivity contribution in [2.45, 2.75) is 0 Å². The molecule has 0 spiro atoms. The van der Waals surface area contributed by atoms with Crippen LogP contribution >= 0.6 is 22.9 Å². The van der Waals surface area contributed by atoms with Gasteiger partial charge in [-0.25, -0.2) is 10.4 Å². The maximum Gasteiger partial charge on any atom is 0.287 e. The Bertz CT molecular complexity index is 1320. The second-order valence-electron chi connectivity index (χ2n) is 6.65. The van der Waals surface area contributed by atoms with Crippen LogP contribution in [0, 0.1) is 0 Å². The Morgan fingerprint density at radius 1 is 1.00 bits per heavy atom. The van der Waals surface area contributed by atoms with Gasteiger partial charge in [0.1, 0.15) is 10.9 Å². The summed E-state index contributed by atoms with van der Waals surface area (Å²) in [4.78, 5) is 30.5. The third kappa shape index (κ3) is 5.26. The van der Waals surface area contributed by atoms with Gasteiger partial charge in [0.05, 0.1) is 11.7 Å². The minimum absolute atomic E-state index is 0.0705. The van der Waals surface area contributed by atoms with Gasteiger partial charge in [0.15, 0.2) is 0 Å². The van der Waals surface area contributed by atoms with Gasteiger partial charge in [-0.05, 0) is 41.8 Å². The number of thiophene rings is 1. The summed E-state index contributed by atoms with van der Waals surface area (Å²) in [6.07, 6.45) is 3.02. The molecule has 8 heteroatoms. The van der Waals surface area contributed by atoms with E-state index in [0.717, 1.165) is 15.8 Å². The van der Waals surface area contributed by atoms with Crippen LogP contribution in [0.15, 0.2) is 89.0 Å². The van der Waals surface area contributed by atoms with Gasteiger partial charge in [-0.3, -0.25) is 9.59 Å². The number of benzene rings is 2. The number of pyridine rings is 1. The van der Waals surface area contributed by atoms with E-state index in [2.05, 4.69) is 20.8 Å². The number of nitrogens with zero attached hydrogens (tertiary/aromatic N) is 2. The Morgan fingerprint density at radius 2 is 1.78 bits per heavy atom. The van der Waals surface area contributed by atoms with Crippen LogP contribution in [0.5, 0.6) is 0 Å². The van der Waals surface area contributed by atoms with Crippen LogP contribution in [0.25, 0.3) is 17.0 Å². The molecule has 2 amide bonds.